The van der Waals surface area contributed by atoms with Crippen molar-refractivity contribution in [2.75, 3.05) is 5.75 Å². The highest BCUT2D eigenvalue weighted by molar-refractivity contribution is 7.91. The lowest BCUT2D eigenvalue weighted by atomic mass is 10.2. The molecule has 0 unspecified atom stereocenters. The smallest absolute Gasteiger partial charge is 0.246 e. The molecule has 3 aromatic heterocycles. The van der Waals surface area contributed by atoms with E-state index in [4.69, 9.17) is 0 Å². The van der Waals surface area contributed by atoms with Gasteiger partial charge in [-0.25, -0.2) is 23.4 Å². The molecule has 0 aliphatic heterocycles. The third-order valence-corrected chi connectivity index (χ3v) is 5.87. The van der Waals surface area contributed by atoms with Crippen molar-refractivity contribution >= 4 is 20.9 Å². The molecule has 8 heteroatoms. The van der Waals surface area contributed by atoms with Gasteiger partial charge in [0.25, 0.3) is 0 Å². The van der Waals surface area contributed by atoms with E-state index in [9.17, 15) is 8.42 Å². The maximum Gasteiger partial charge on any atom is 0.246 e. The van der Waals surface area contributed by atoms with Crippen LogP contribution in [-0.2, 0) is 16.4 Å². The van der Waals surface area contributed by atoms with Gasteiger partial charge in [-0.15, -0.1) is 0 Å². The molecule has 0 saturated heterocycles. The van der Waals surface area contributed by atoms with Crippen LogP contribution in [0.4, 0.5) is 0 Å². The van der Waals surface area contributed by atoms with E-state index < -0.39 is 9.84 Å². The molecule has 0 fully saturated rings. The Morgan fingerprint density at radius 2 is 1.76 bits per heavy atom. The molecule has 7 nitrogen and oxygen atoms in total. The van der Waals surface area contributed by atoms with E-state index in [0.717, 1.165) is 41.7 Å². The first-order valence-electron chi connectivity index (χ1n) is 8.26. The Hall–Kier alpha value is -2.35. The van der Waals surface area contributed by atoms with Gasteiger partial charge in [-0.05, 0) is 38.3 Å². The number of unbranched alkanes of at least 4 members (excludes halogenated alkanes) is 2. The number of pyridine rings is 1. The molecule has 0 amide bonds. The zero-order chi connectivity index (χ0) is 17.9. The SMILES string of the molecule is Cc1ncc2ncn(CCCCCS(=O)(=O)c3ncccn3)c2c1C. The highest BCUT2D eigenvalue weighted by atomic mass is 32.2. The van der Waals surface area contributed by atoms with Gasteiger partial charge in [0.15, 0.2) is 0 Å². The standard InChI is InChI=1S/C17H21N5O2S/c1-13-14(2)20-11-15-16(13)22(12-21-15)9-4-3-5-10-25(23,24)17-18-7-6-8-19-17/h6-8,11-12H,3-5,9-10H2,1-2H3. The first-order chi connectivity index (χ1) is 12.0. The number of nitrogens with zero attached hydrogens (tertiary/aromatic N) is 5. The van der Waals surface area contributed by atoms with E-state index >= 15 is 0 Å². The zero-order valence-corrected chi connectivity index (χ0v) is 15.2. The fourth-order valence-electron chi connectivity index (χ4n) is 2.78. The quantitative estimate of drug-likeness (QED) is 0.475. The summed E-state index contributed by atoms with van der Waals surface area (Å²) in [7, 11) is -3.39. The lowest BCUT2D eigenvalue weighted by Crippen LogP contribution is -2.10. The molecule has 0 aliphatic carbocycles. The molecule has 0 spiro atoms. The fraction of sp³-hybridized carbons (Fsp3) is 0.412. The highest BCUT2D eigenvalue weighted by Gasteiger charge is 2.16. The molecule has 0 aromatic carbocycles. The second kappa shape index (κ2) is 7.26. The van der Waals surface area contributed by atoms with Gasteiger partial charge in [-0.3, -0.25) is 4.98 Å². The Balaban J connectivity index is 1.55. The van der Waals surface area contributed by atoms with Crippen LogP contribution in [0.2, 0.25) is 0 Å². The minimum atomic E-state index is -3.39. The van der Waals surface area contributed by atoms with Crippen molar-refractivity contribution < 1.29 is 8.42 Å². The number of hydrogen-bond acceptors (Lipinski definition) is 6. The summed E-state index contributed by atoms with van der Waals surface area (Å²) in [5, 5.41) is -0.0887. The van der Waals surface area contributed by atoms with Gasteiger partial charge in [-0.1, -0.05) is 6.42 Å². The summed E-state index contributed by atoms with van der Waals surface area (Å²) in [4.78, 5) is 16.4. The lowest BCUT2D eigenvalue weighted by molar-refractivity contribution is 0.573. The van der Waals surface area contributed by atoms with Gasteiger partial charge in [0.2, 0.25) is 15.0 Å². The van der Waals surface area contributed by atoms with Gasteiger partial charge in [0.1, 0.15) is 5.52 Å². The van der Waals surface area contributed by atoms with Crippen LogP contribution < -0.4 is 0 Å². The monoisotopic (exact) mass is 359 g/mol. The number of sulfone groups is 1. The predicted molar refractivity (Wildman–Crippen MR) is 94.9 cm³/mol. The predicted octanol–water partition coefficient (Wildman–Crippen LogP) is 2.48. The number of fused-ring (bicyclic) bond motifs is 1. The maximum absolute atomic E-state index is 12.1. The van der Waals surface area contributed by atoms with Crippen LogP contribution in [0, 0.1) is 13.8 Å². The molecule has 0 bridgehead atoms. The van der Waals surface area contributed by atoms with Crippen LogP contribution in [0.5, 0.6) is 0 Å². The van der Waals surface area contributed by atoms with Gasteiger partial charge < -0.3 is 4.57 Å². The van der Waals surface area contributed by atoms with E-state index in [0.29, 0.717) is 6.42 Å². The number of rotatable bonds is 7. The van der Waals surface area contributed by atoms with Crippen LogP contribution in [0.1, 0.15) is 30.5 Å². The van der Waals surface area contributed by atoms with Gasteiger partial charge in [-0.2, -0.15) is 0 Å². The Bertz CT molecular complexity index is 967. The molecule has 0 N–H and O–H groups in total. The number of aromatic nitrogens is 5. The average molecular weight is 359 g/mol. The Labute approximate surface area is 147 Å². The van der Waals surface area contributed by atoms with Crippen LogP contribution >= 0.6 is 0 Å². The summed E-state index contributed by atoms with van der Waals surface area (Å²) in [5.74, 6) is 0.0732. The van der Waals surface area contributed by atoms with E-state index in [1.807, 2.05) is 13.3 Å². The number of aryl methyl sites for hydroxylation is 3. The van der Waals surface area contributed by atoms with Crippen molar-refractivity contribution in [2.24, 2.45) is 0 Å². The topological polar surface area (TPSA) is 90.6 Å². The minimum Gasteiger partial charge on any atom is -0.330 e. The highest BCUT2D eigenvalue weighted by Crippen LogP contribution is 2.19. The minimum absolute atomic E-state index is 0.0732. The van der Waals surface area contributed by atoms with Crippen molar-refractivity contribution in [1.82, 2.24) is 24.5 Å². The Morgan fingerprint density at radius 1 is 1.00 bits per heavy atom. The summed E-state index contributed by atoms with van der Waals surface area (Å²) in [6, 6.07) is 1.60. The molecule has 0 saturated carbocycles. The van der Waals surface area contributed by atoms with Crippen molar-refractivity contribution in [3.05, 3.63) is 42.2 Å². The normalized spacial score (nSPS) is 11.9. The number of imidazole rings is 1. The van der Waals surface area contributed by atoms with Crippen molar-refractivity contribution in [2.45, 2.75) is 44.8 Å². The summed E-state index contributed by atoms with van der Waals surface area (Å²) < 4.78 is 26.4. The first-order valence-corrected chi connectivity index (χ1v) is 9.91. The first kappa shape index (κ1) is 17.5. The third-order valence-electron chi connectivity index (χ3n) is 4.28. The lowest BCUT2D eigenvalue weighted by Gasteiger charge is -2.08. The third kappa shape index (κ3) is 3.84. The van der Waals surface area contributed by atoms with Gasteiger partial charge in [0.05, 0.1) is 23.8 Å². The largest absolute Gasteiger partial charge is 0.330 e. The van der Waals surface area contributed by atoms with E-state index in [2.05, 4.69) is 31.4 Å². The molecule has 132 valence electrons. The zero-order valence-electron chi connectivity index (χ0n) is 14.4. The summed E-state index contributed by atoms with van der Waals surface area (Å²) in [6.07, 6.45) is 8.80. The molecular weight excluding hydrogens is 338 g/mol. The molecule has 0 atom stereocenters. The van der Waals surface area contributed by atoms with Crippen molar-refractivity contribution in [1.29, 1.82) is 0 Å². The Morgan fingerprint density at radius 3 is 2.52 bits per heavy atom. The maximum atomic E-state index is 12.1. The fourth-order valence-corrected chi connectivity index (χ4v) is 3.99. The average Bonchev–Trinajstić information content (AvgIpc) is 3.02. The Kier molecular flexibility index (Phi) is 5.08. The van der Waals surface area contributed by atoms with Crippen LogP contribution in [0.15, 0.2) is 36.1 Å². The van der Waals surface area contributed by atoms with Crippen LogP contribution in [0.25, 0.3) is 11.0 Å². The van der Waals surface area contributed by atoms with E-state index in [-0.39, 0.29) is 10.9 Å². The van der Waals surface area contributed by atoms with Crippen LogP contribution in [-0.4, -0.2) is 38.7 Å². The van der Waals surface area contributed by atoms with Gasteiger partial charge in [0, 0.05) is 24.6 Å². The molecule has 25 heavy (non-hydrogen) atoms. The molecule has 3 rings (SSSR count). The van der Waals surface area contributed by atoms with Crippen LogP contribution in [0.3, 0.4) is 0 Å². The molecule has 0 aliphatic rings. The molecule has 3 heterocycles. The molecular formula is C17H21N5O2S. The summed E-state index contributed by atoms with van der Waals surface area (Å²) in [6.45, 7) is 4.85. The second-order valence-electron chi connectivity index (χ2n) is 6.05. The molecule has 0 radical (unpaired) electrons. The summed E-state index contributed by atoms with van der Waals surface area (Å²) >= 11 is 0. The van der Waals surface area contributed by atoms with E-state index in [1.54, 1.807) is 12.3 Å². The van der Waals surface area contributed by atoms with E-state index in [1.165, 1.54) is 12.4 Å². The molecule has 3 aromatic rings. The van der Waals surface area contributed by atoms with Crippen molar-refractivity contribution in [3.63, 3.8) is 0 Å². The van der Waals surface area contributed by atoms with Gasteiger partial charge >= 0.3 is 0 Å². The second-order valence-corrected chi connectivity index (χ2v) is 8.05. The summed E-state index contributed by atoms with van der Waals surface area (Å²) in [5.41, 5.74) is 4.15. The van der Waals surface area contributed by atoms with Crippen molar-refractivity contribution in [3.8, 4) is 0 Å². The number of hydrogen-bond donors (Lipinski definition) is 0.